The van der Waals surface area contributed by atoms with Gasteiger partial charge in [-0.25, -0.2) is 4.98 Å². The number of rotatable bonds is 1. The average Bonchev–Trinajstić information content (AvgIpc) is 2.48. The topological polar surface area (TPSA) is 52.0 Å². The van der Waals surface area contributed by atoms with Gasteiger partial charge in [0.2, 0.25) is 0 Å². The zero-order valence-corrected chi connectivity index (χ0v) is 11.9. The highest BCUT2D eigenvalue weighted by atomic mass is 15.2. The number of nitrogens with one attached hydrogen (secondary N) is 1. The van der Waals surface area contributed by atoms with Crippen LogP contribution in [0.15, 0.2) is 18.2 Å². The normalized spacial score (nSPS) is 15.3. The van der Waals surface area contributed by atoms with E-state index in [2.05, 4.69) is 42.3 Å². The number of hydrogen-bond acceptors (Lipinski definition) is 4. The van der Waals surface area contributed by atoms with Crippen molar-refractivity contribution < 1.29 is 0 Å². The molecule has 0 unspecified atom stereocenters. The molecule has 1 aromatic carbocycles. The molecule has 3 rings (SSSR count). The number of nitrogens with zero attached hydrogens (tertiary/aromatic N) is 3. The van der Waals surface area contributed by atoms with Gasteiger partial charge in [0.15, 0.2) is 0 Å². The van der Waals surface area contributed by atoms with E-state index < -0.39 is 0 Å². The molecule has 0 amide bonds. The van der Waals surface area contributed by atoms with Crippen LogP contribution in [0.2, 0.25) is 0 Å². The molecule has 20 heavy (non-hydrogen) atoms. The number of aryl methyl sites for hydroxylation is 2. The lowest BCUT2D eigenvalue weighted by Crippen LogP contribution is -2.44. The molecule has 1 N–H and O–H groups in total. The van der Waals surface area contributed by atoms with Crippen LogP contribution in [0.5, 0.6) is 0 Å². The summed E-state index contributed by atoms with van der Waals surface area (Å²) >= 11 is 0. The third-order valence-corrected chi connectivity index (χ3v) is 3.95. The molecule has 0 saturated carbocycles. The first-order valence-corrected chi connectivity index (χ1v) is 6.97. The van der Waals surface area contributed by atoms with Crippen molar-refractivity contribution in [2.45, 2.75) is 13.8 Å². The van der Waals surface area contributed by atoms with Crippen molar-refractivity contribution in [1.29, 1.82) is 5.26 Å². The maximum Gasteiger partial charge on any atom is 0.147 e. The number of benzene rings is 1. The third kappa shape index (κ3) is 2.21. The molecule has 4 nitrogen and oxygen atoms in total. The third-order valence-electron chi connectivity index (χ3n) is 3.95. The Labute approximate surface area is 119 Å². The Balaban J connectivity index is 2.15. The Kier molecular flexibility index (Phi) is 3.29. The van der Waals surface area contributed by atoms with Gasteiger partial charge in [-0.1, -0.05) is 0 Å². The molecule has 0 spiro atoms. The molecule has 2 aromatic rings. The van der Waals surface area contributed by atoms with Crippen LogP contribution >= 0.6 is 0 Å². The minimum atomic E-state index is 0.669. The minimum Gasteiger partial charge on any atom is -0.353 e. The van der Waals surface area contributed by atoms with Crippen LogP contribution in [0, 0.1) is 25.2 Å². The lowest BCUT2D eigenvalue weighted by molar-refractivity contribution is 0.585. The van der Waals surface area contributed by atoms with Gasteiger partial charge in [0.25, 0.3) is 0 Å². The number of piperazine rings is 1. The second-order valence-electron chi connectivity index (χ2n) is 5.34. The summed E-state index contributed by atoms with van der Waals surface area (Å²) in [5.74, 6) is 0.824. The number of fused-ring (bicyclic) bond motifs is 1. The van der Waals surface area contributed by atoms with Crippen LogP contribution in [0.3, 0.4) is 0 Å². The van der Waals surface area contributed by atoms with E-state index in [9.17, 15) is 5.26 Å². The summed E-state index contributed by atoms with van der Waals surface area (Å²) in [7, 11) is 0. The van der Waals surface area contributed by atoms with Crippen LogP contribution in [-0.2, 0) is 0 Å². The molecule has 1 aliphatic rings. The number of aromatic nitrogens is 1. The summed E-state index contributed by atoms with van der Waals surface area (Å²) in [4.78, 5) is 6.95. The summed E-state index contributed by atoms with van der Waals surface area (Å²) in [5, 5.41) is 13.8. The first-order valence-electron chi connectivity index (χ1n) is 6.97. The molecular weight excluding hydrogens is 248 g/mol. The standard InChI is InChI=1S/C16H18N4/c1-11-7-13-9-14(10-17)16(19-15(13)8-12(11)2)20-5-3-18-4-6-20/h7-9,18H,3-6H2,1-2H3. The molecule has 1 saturated heterocycles. The van der Waals surface area contributed by atoms with E-state index in [1.54, 1.807) is 0 Å². The van der Waals surface area contributed by atoms with Crippen LogP contribution < -0.4 is 10.2 Å². The Bertz CT molecular complexity index is 694. The lowest BCUT2D eigenvalue weighted by atomic mass is 10.0. The maximum atomic E-state index is 9.40. The molecule has 0 aliphatic carbocycles. The molecule has 1 aliphatic heterocycles. The van der Waals surface area contributed by atoms with E-state index in [4.69, 9.17) is 4.98 Å². The SMILES string of the molecule is Cc1cc2cc(C#N)c(N3CCNCC3)nc2cc1C. The highest BCUT2D eigenvalue weighted by Gasteiger charge is 2.16. The Morgan fingerprint density at radius 2 is 1.85 bits per heavy atom. The van der Waals surface area contributed by atoms with Gasteiger partial charge in [-0.3, -0.25) is 0 Å². The van der Waals surface area contributed by atoms with Gasteiger partial charge in [0.1, 0.15) is 11.9 Å². The Morgan fingerprint density at radius 1 is 1.15 bits per heavy atom. The molecular formula is C16H18N4. The number of anilines is 1. The number of hydrogen-bond donors (Lipinski definition) is 1. The highest BCUT2D eigenvalue weighted by molar-refractivity contribution is 5.84. The maximum absolute atomic E-state index is 9.40. The predicted octanol–water partition coefficient (Wildman–Crippen LogP) is 2.13. The Morgan fingerprint density at radius 3 is 2.55 bits per heavy atom. The minimum absolute atomic E-state index is 0.669. The second kappa shape index (κ2) is 5.10. The Hall–Kier alpha value is -2.12. The van der Waals surface area contributed by atoms with Crippen LogP contribution in [0.4, 0.5) is 5.82 Å². The highest BCUT2D eigenvalue weighted by Crippen LogP contribution is 2.25. The van der Waals surface area contributed by atoms with E-state index in [1.807, 2.05) is 6.07 Å². The van der Waals surface area contributed by atoms with E-state index in [1.165, 1.54) is 11.1 Å². The second-order valence-corrected chi connectivity index (χ2v) is 5.34. The van der Waals surface area contributed by atoms with Crippen molar-refractivity contribution in [2.75, 3.05) is 31.1 Å². The predicted molar refractivity (Wildman–Crippen MR) is 81.0 cm³/mol. The quantitative estimate of drug-likeness (QED) is 0.859. The van der Waals surface area contributed by atoms with Crippen molar-refractivity contribution >= 4 is 16.7 Å². The fourth-order valence-corrected chi connectivity index (χ4v) is 2.63. The van der Waals surface area contributed by atoms with Crippen molar-refractivity contribution in [3.63, 3.8) is 0 Å². The van der Waals surface area contributed by atoms with Crippen LogP contribution in [-0.4, -0.2) is 31.2 Å². The molecule has 0 bridgehead atoms. The van der Waals surface area contributed by atoms with Gasteiger partial charge in [-0.05, 0) is 43.2 Å². The van der Waals surface area contributed by atoms with Gasteiger partial charge in [0, 0.05) is 31.6 Å². The van der Waals surface area contributed by atoms with E-state index >= 15 is 0 Å². The summed E-state index contributed by atoms with van der Waals surface area (Å²) in [5.41, 5.74) is 4.11. The molecule has 1 fully saturated rings. The monoisotopic (exact) mass is 266 g/mol. The molecule has 1 aromatic heterocycles. The van der Waals surface area contributed by atoms with E-state index in [0.29, 0.717) is 5.56 Å². The smallest absolute Gasteiger partial charge is 0.147 e. The molecule has 4 heteroatoms. The number of nitriles is 1. The largest absolute Gasteiger partial charge is 0.353 e. The van der Waals surface area contributed by atoms with E-state index in [-0.39, 0.29) is 0 Å². The average molecular weight is 266 g/mol. The summed E-state index contributed by atoms with van der Waals surface area (Å²) in [6.45, 7) is 7.87. The van der Waals surface area contributed by atoms with Gasteiger partial charge in [-0.15, -0.1) is 0 Å². The molecule has 0 atom stereocenters. The lowest BCUT2D eigenvalue weighted by Gasteiger charge is -2.29. The van der Waals surface area contributed by atoms with Gasteiger partial charge < -0.3 is 10.2 Å². The summed E-state index contributed by atoms with van der Waals surface area (Å²) < 4.78 is 0. The number of pyridine rings is 1. The van der Waals surface area contributed by atoms with Crippen molar-refractivity contribution in [3.05, 3.63) is 34.9 Å². The van der Waals surface area contributed by atoms with Gasteiger partial charge in [0.05, 0.1) is 11.1 Å². The van der Waals surface area contributed by atoms with E-state index in [0.717, 1.165) is 42.9 Å². The van der Waals surface area contributed by atoms with Gasteiger partial charge in [-0.2, -0.15) is 5.26 Å². The summed E-state index contributed by atoms with van der Waals surface area (Å²) in [6.07, 6.45) is 0. The van der Waals surface area contributed by atoms with Crippen LogP contribution in [0.25, 0.3) is 10.9 Å². The molecule has 102 valence electrons. The zero-order chi connectivity index (χ0) is 14.1. The summed E-state index contributed by atoms with van der Waals surface area (Å²) in [6, 6.07) is 8.48. The van der Waals surface area contributed by atoms with Crippen LogP contribution in [0.1, 0.15) is 16.7 Å². The molecule has 0 radical (unpaired) electrons. The zero-order valence-electron chi connectivity index (χ0n) is 11.9. The van der Waals surface area contributed by atoms with Crippen molar-refractivity contribution in [1.82, 2.24) is 10.3 Å². The fourth-order valence-electron chi connectivity index (χ4n) is 2.63. The first-order chi connectivity index (χ1) is 9.69. The van der Waals surface area contributed by atoms with Crippen molar-refractivity contribution in [3.8, 4) is 6.07 Å². The fraction of sp³-hybridized carbons (Fsp3) is 0.375. The first kappa shape index (κ1) is 12.9. The van der Waals surface area contributed by atoms with Gasteiger partial charge >= 0.3 is 0 Å². The molecule has 2 heterocycles. The van der Waals surface area contributed by atoms with Crippen molar-refractivity contribution in [2.24, 2.45) is 0 Å².